The topological polar surface area (TPSA) is 78.5 Å². The summed E-state index contributed by atoms with van der Waals surface area (Å²) in [5.41, 5.74) is 1.17. The van der Waals surface area contributed by atoms with E-state index in [4.69, 9.17) is 4.74 Å². The summed E-state index contributed by atoms with van der Waals surface area (Å²) < 4.78 is 5.13. The Kier molecular flexibility index (Phi) is 5.88. The molecule has 140 valence electrons. The van der Waals surface area contributed by atoms with E-state index < -0.39 is 0 Å². The number of amides is 2. The van der Waals surface area contributed by atoms with Gasteiger partial charge in [0.25, 0.3) is 5.91 Å². The Morgan fingerprint density at radius 2 is 2.04 bits per heavy atom. The van der Waals surface area contributed by atoms with Crippen molar-refractivity contribution in [1.82, 2.24) is 20.0 Å². The van der Waals surface area contributed by atoms with Gasteiger partial charge in [-0.3, -0.25) is 14.7 Å². The van der Waals surface area contributed by atoms with Crippen LogP contribution < -0.4 is 0 Å². The highest BCUT2D eigenvalue weighted by Crippen LogP contribution is 2.21. The van der Waals surface area contributed by atoms with E-state index >= 15 is 0 Å². The quantitative estimate of drug-likeness (QED) is 0.856. The molecule has 7 heteroatoms. The highest BCUT2D eigenvalue weighted by atomic mass is 16.5. The minimum atomic E-state index is -0.245. The second-order valence-corrected chi connectivity index (χ2v) is 6.88. The number of carbonyl (C=O) groups is 2. The molecule has 2 amide bonds. The summed E-state index contributed by atoms with van der Waals surface area (Å²) in [4.78, 5) is 28.5. The van der Waals surface area contributed by atoms with Crippen LogP contribution in [0.15, 0.2) is 24.3 Å². The molecule has 1 aromatic heterocycles. The number of piperidine rings is 1. The van der Waals surface area contributed by atoms with Gasteiger partial charge in [-0.1, -0.05) is 18.2 Å². The lowest BCUT2D eigenvalue weighted by molar-refractivity contribution is -0.133. The van der Waals surface area contributed by atoms with E-state index in [0.717, 1.165) is 49.9 Å². The molecule has 7 nitrogen and oxygen atoms in total. The maximum Gasteiger partial charge on any atom is 0.275 e. The first kappa shape index (κ1) is 18.4. The van der Waals surface area contributed by atoms with Crippen molar-refractivity contribution in [3.8, 4) is 0 Å². The molecule has 1 saturated heterocycles. The van der Waals surface area contributed by atoms with Crippen LogP contribution in [0.4, 0.5) is 0 Å². The molecule has 1 aliphatic heterocycles. The summed E-state index contributed by atoms with van der Waals surface area (Å²) in [6.07, 6.45) is 3.04. The molecule has 0 bridgehead atoms. The molecule has 0 aliphatic carbocycles. The standard InChI is InChI=1S/C19H26N4O3/c1-22(19(25)18-15-5-3-4-6-16(15)20-21-18)13-17(24)23-10-7-14(8-11-23)9-12-26-2/h3-6,14H,7-13H2,1-2H3,(H,20,21). The number of likely N-dealkylation sites (tertiary alicyclic amines) is 1. The number of methoxy groups -OCH3 is 1. The predicted octanol–water partition coefficient (Wildman–Crippen LogP) is 1.91. The third-order valence-corrected chi connectivity index (χ3v) is 5.09. The molecule has 1 fully saturated rings. The number of H-pyrrole nitrogens is 1. The number of hydrogen-bond donors (Lipinski definition) is 1. The Hall–Kier alpha value is -2.41. The number of benzene rings is 1. The summed E-state index contributed by atoms with van der Waals surface area (Å²) in [5, 5.41) is 7.75. The van der Waals surface area contributed by atoms with Crippen LogP contribution >= 0.6 is 0 Å². The normalized spacial score (nSPS) is 15.4. The van der Waals surface area contributed by atoms with Crippen LogP contribution in [0.2, 0.25) is 0 Å². The zero-order valence-electron chi connectivity index (χ0n) is 15.4. The van der Waals surface area contributed by atoms with Gasteiger partial charge in [0.05, 0.1) is 12.1 Å². The molecule has 0 atom stereocenters. The van der Waals surface area contributed by atoms with Crippen molar-refractivity contribution in [3.63, 3.8) is 0 Å². The monoisotopic (exact) mass is 358 g/mol. The van der Waals surface area contributed by atoms with E-state index in [1.807, 2.05) is 29.2 Å². The van der Waals surface area contributed by atoms with Crippen molar-refractivity contribution in [3.05, 3.63) is 30.0 Å². The molecule has 0 spiro atoms. The molecule has 0 saturated carbocycles. The van der Waals surface area contributed by atoms with Gasteiger partial charge in [0, 0.05) is 39.2 Å². The fourth-order valence-corrected chi connectivity index (χ4v) is 3.44. The van der Waals surface area contributed by atoms with Gasteiger partial charge in [-0.05, 0) is 31.2 Å². The smallest absolute Gasteiger partial charge is 0.275 e. The van der Waals surface area contributed by atoms with Crippen molar-refractivity contribution >= 4 is 22.7 Å². The molecule has 26 heavy (non-hydrogen) atoms. The molecular weight excluding hydrogens is 332 g/mol. The molecule has 0 radical (unpaired) electrons. The number of fused-ring (bicyclic) bond motifs is 1. The number of likely N-dealkylation sites (N-methyl/N-ethyl adjacent to an activating group) is 1. The fourth-order valence-electron chi connectivity index (χ4n) is 3.44. The second kappa shape index (κ2) is 8.31. The maximum absolute atomic E-state index is 12.7. The van der Waals surface area contributed by atoms with Gasteiger partial charge in [-0.25, -0.2) is 0 Å². The van der Waals surface area contributed by atoms with Crippen molar-refractivity contribution in [2.45, 2.75) is 19.3 Å². The summed E-state index contributed by atoms with van der Waals surface area (Å²) >= 11 is 0. The summed E-state index contributed by atoms with van der Waals surface area (Å²) in [7, 11) is 3.36. The van der Waals surface area contributed by atoms with E-state index in [-0.39, 0.29) is 18.4 Å². The Morgan fingerprint density at radius 1 is 1.31 bits per heavy atom. The van der Waals surface area contributed by atoms with E-state index in [1.54, 1.807) is 14.2 Å². The van der Waals surface area contributed by atoms with Crippen LogP contribution in [0.3, 0.4) is 0 Å². The zero-order chi connectivity index (χ0) is 18.5. The number of nitrogens with zero attached hydrogens (tertiary/aromatic N) is 3. The lowest BCUT2D eigenvalue weighted by Gasteiger charge is -2.33. The first-order valence-corrected chi connectivity index (χ1v) is 9.05. The van der Waals surface area contributed by atoms with E-state index in [2.05, 4.69) is 10.2 Å². The molecule has 3 rings (SSSR count). The van der Waals surface area contributed by atoms with Crippen LogP contribution in [0, 0.1) is 5.92 Å². The van der Waals surface area contributed by atoms with Crippen LogP contribution in [0.25, 0.3) is 10.9 Å². The predicted molar refractivity (Wildman–Crippen MR) is 98.9 cm³/mol. The van der Waals surface area contributed by atoms with Crippen LogP contribution in [0.1, 0.15) is 29.8 Å². The third kappa shape index (κ3) is 4.04. The molecule has 1 N–H and O–H groups in total. The minimum absolute atomic E-state index is 0.00844. The summed E-state index contributed by atoms with van der Waals surface area (Å²) in [5.74, 6) is 0.366. The Labute approximate surface area is 153 Å². The number of aromatic amines is 1. The summed E-state index contributed by atoms with van der Waals surface area (Å²) in [6, 6.07) is 7.48. The van der Waals surface area contributed by atoms with E-state index in [1.165, 1.54) is 4.90 Å². The van der Waals surface area contributed by atoms with Crippen LogP contribution in [0.5, 0.6) is 0 Å². The molecular formula is C19H26N4O3. The Balaban J connectivity index is 1.55. The number of hydrogen-bond acceptors (Lipinski definition) is 4. The number of rotatable bonds is 6. The molecule has 0 unspecified atom stereocenters. The van der Waals surface area contributed by atoms with Crippen LogP contribution in [-0.2, 0) is 9.53 Å². The lowest BCUT2D eigenvalue weighted by Crippen LogP contribution is -2.44. The Bertz CT molecular complexity index is 765. The van der Waals surface area contributed by atoms with Gasteiger partial charge < -0.3 is 14.5 Å². The average molecular weight is 358 g/mol. The minimum Gasteiger partial charge on any atom is -0.385 e. The Morgan fingerprint density at radius 3 is 2.77 bits per heavy atom. The number of carbonyl (C=O) groups excluding carboxylic acids is 2. The van der Waals surface area contributed by atoms with Gasteiger partial charge in [0.1, 0.15) is 0 Å². The highest BCUT2D eigenvalue weighted by molar-refractivity contribution is 6.05. The highest BCUT2D eigenvalue weighted by Gasteiger charge is 2.25. The maximum atomic E-state index is 12.7. The fraction of sp³-hybridized carbons (Fsp3) is 0.526. The van der Waals surface area contributed by atoms with Crippen molar-refractivity contribution in [2.24, 2.45) is 5.92 Å². The summed E-state index contributed by atoms with van der Waals surface area (Å²) in [6.45, 7) is 2.34. The van der Waals surface area contributed by atoms with Gasteiger partial charge in [-0.15, -0.1) is 0 Å². The second-order valence-electron chi connectivity index (χ2n) is 6.88. The molecule has 2 heterocycles. The largest absolute Gasteiger partial charge is 0.385 e. The molecule has 1 aromatic carbocycles. The average Bonchev–Trinajstić information content (AvgIpc) is 3.10. The van der Waals surface area contributed by atoms with Crippen molar-refractivity contribution in [1.29, 1.82) is 0 Å². The van der Waals surface area contributed by atoms with Crippen molar-refractivity contribution in [2.75, 3.05) is 40.4 Å². The number of nitrogens with one attached hydrogen (secondary N) is 1. The number of aromatic nitrogens is 2. The van der Waals surface area contributed by atoms with Gasteiger partial charge in [0.15, 0.2) is 5.69 Å². The number of ether oxygens (including phenoxy) is 1. The van der Waals surface area contributed by atoms with E-state index in [9.17, 15) is 9.59 Å². The molecule has 1 aliphatic rings. The lowest BCUT2D eigenvalue weighted by atomic mass is 9.94. The number of para-hydroxylation sites is 1. The van der Waals surface area contributed by atoms with Gasteiger partial charge in [-0.2, -0.15) is 5.10 Å². The van der Waals surface area contributed by atoms with Gasteiger partial charge >= 0.3 is 0 Å². The van der Waals surface area contributed by atoms with Gasteiger partial charge in [0.2, 0.25) is 5.91 Å². The van der Waals surface area contributed by atoms with Crippen LogP contribution in [-0.4, -0.2) is 72.2 Å². The SMILES string of the molecule is COCCC1CCN(C(=O)CN(C)C(=O)c2n[nH]c3ccccc23)CC1. The molecule has 2 aromatic rings. The van der Waals surface area contributed by atoms with Crippen molar-refractivity contribution < 1.29 is 14.3 Å². The van der Waals surface area contributed by atoms with E-state index in [0.29, 0.717) is 11.6 Å². The first-order chi connectivity index (χ1) is 12.6. The third-order valence-electron chi connectivity index (χ3n) is 5.09. The zero-order valence-corrected chi connectivity index (χ0v) is 15.4. The first-order valence-electron chi connectivity index (χ1n) is 9.05.